The van der Waals surface area contributed by atoms with Crippen LogP contribution in [0, 0.1) is 5.82 Å². The van der Waals surface area contributed by atoms with Crippen molar-refractivity contribution in [2.75, 3.05) is 20.2 Å². The minimum Gasteiger partial charge on any atom is -0.493 e. The minimum absolute atomic E-state index is 0.0737. The Morgan fingerprint density at radius 3 is 2.65 bits per heavy atom. The molecule has 1 unspecified atom stereocenters. The van der Waals surface area contributed by atoms with Crippen molar-refractivity contribution in [2.24, 2.45) is 0 Å². The van der Waals surface area contributed by atoms with Gasteiger partial charge >= 0.3 is 0 Å². The number of likely N-dealkylation sites (tertiary alicyclic amines) is 1. The third-order valence-electron chi connectivity index (χ3n) is 6.07. The summed E-state index contributed by atoms with van der Waals surface area (Å²) in [6.45, 7) is 5.57. The van der Waals surface area contributed by atoms with Crippen molar-refractivity contribution in [1.29, 1.82) is 0 Å². The van der Waals surface area contributed by atoms with Crippen molar-refractivity contribution >= 4 is 11.0 Å². The number of hydrogen-bond donors (Lipinski definition) is 1. The topological polar surface area (TPSA) is 68.0 Å². The average Bonchev–Trinajstić information content (AvgIpc) is 3.20. The van der Waals surface area contributed by atoms with Gasteiger partial charge in [0.05, 0.1) is 18.9 Å². The molecule has 166 valence electrons. The maximum atomic E-state index is 13.4. The van der Waals surface area contributed by atoms with E-state index in [0.29, 0.717) is 17.1 Å². The highest BCUT2D eigenvalue weighted by molar-refractivity contribution is 5.79. The lowest BCUT2D eigenvalue weighted by Crippen LogP contribution is -2.43. The second-order valence-corrected chi connectivity index (χ2v) is 8.09. The normalized spacial score (nSPS) is 17.6. The molecule has 2 aromatic carbocycles. The molecule has 0 saturated carbocycles. The number of benzene rings is 2. The predicted octanol–water partition coefficient (Wildman–Crippen LogP) is 5.02. The largest absolute Gasteiger partial charge is 0.493 e. The number of nitrogens with zero attached hydrogens (tertiary/aromatic N) is 2. The van der Waals surface area contributed by atoms with Crippen LogP contribution < -0.4 is 9.47 Å². The maximum absolute atomic E-state index is 13.4. The first-order valence-corrected chi connectivity index (χ1v) is 10.8. The van der Waals surface area contributed by atoms with E-state index in [1.807, 2.05) is 18.2 Å². The molecule has 3 aromatic rings. The third kappa shape index (κ3) is 4.52. The van der Waals surface area contributed by atoms with E-state index >= 15 is 0 Å². The SMILES string of the molecule is CCC(Oc1ccc([C@H](C)O)cc1OC)N1CCC(c2noc3cc(F)ccc23)CC1. The number of rotatable bonds is 7. The molecule has 2 atom stereocenters. The molecule has 31 heavy (non-hydrogen) atoms. The second kappa shape index (κ2) is 9.24. The van der Waals surface area contributed by atoms with Gasteiger partial charge < -0.3 is 19.1 Å². The highest BCUT2D eigenvalue weighted by Gasteiger charge is 2.29. The fourth-order valence-electron chi connectivity index (χ4n) is 4.29. The van der Waals surface area contributed by atoms with E-state index < -0.39 is 6.10 Å². The Balaban J connectivity index is 1.43. The zero-order valence-electron chi connectivity index (χ0n) is 18.2. The summed E-state index contributed by atoms with van der Waals surface area (Å²) in [5.41, 5.74) is 2.21. The molecule has 1 saturated heterocycles. The number of hydrogen-bond acceptors (Lipinski definition) is 6. The van der Waals surface area contributed by atoms with Crippen LogP contribution in [0.1, 0.15) is 56.4 Å². The smallest absolute Gasteiger partial charge is 0.170 e. The molecule has 1 aromatic heterocycles. The summed E-state index contributed by atoms with van der Waals surface area (Å²) in [5, 5.41) is 14.9. The lowest BCUT2D eigenvalue weighted by atomic mass is 9.91. The Morgan fingerprint density at radius 2 is 1.97 bits per heavy atom. The summed E-state index contributed by atoms with van der Waals surface area (Å²) < 4.78 is 30.6. The van der Waals surface area contributed by atoms with Crippen LogP contribution in [-0.4, -0.2) is 41.6 Å². The summed E-state index contributed by atoms with van der Waals surface area (Å²) in [5.74, 6) is 1.25. The molecule has 1 fully saturated rings. The molecular weight excluding hydrogens is 399 g/mol. The molecule has 0 bridgehead atoms. The predicted molar refractivity (Wildman–Crippen MR) is 116 cm³/mol. The van der Waals surface area contributed by atoms with Crippen molar-refractivity contribution < 1.29 is 23.5 Å². The summed E-state index contributed by atoms with van der Waals surface area (Å²) in [6.07, 6.45) is 2.05. The van der Waals surface area contributed by atoms with Gasteiger partial charge in [-0.25, -0.2) is 4.39 Å². The number of aliphatic hydroxyl groups excluding tert-OH is 1. The number of piperidine rings is 1. The van der Waals surface area contributed by atoms with Crippen molar-refractivity contribution in [2.45, 2.75) is 51.4 Å². The van der Waals surface area contributed by atoms with Gasteiger partial charge in [-0.3, -0.25) is 4.90 Å². The van der Waals surface area contributed by atoms with E-state index in [4.69, 9.17) is 14.0 Å². The maximum Gasteiger partial charge on any atom is 0.170 e. The van der Waals surface area contributed by atoms with Gasteiger partial charge in [0.25, 0.3) is 0 Å². The van der Waals surface area contributed by atoms with E-state index in [2.05, 4.69) is 17.0 Å². The number of aromatic nitrogens is 1. The van der Waals surface area contributed by atoms with Crippen LogP contribution in [0.2, 0.25) is 0 Å². The van der Waals surface area contributed by atoms with Crippen LogP contribution in [0.5, 0.6) is 11.5 Å². The van der Waals surface area contributed by atoms with Crippen LogP contribution in [0.4, 0.5) is 4.39 Å². The molecule has 1 N–H and O–H groups in total. The second-order valence-electron chi connectivity index (χ2n) is 8.09. The Morgan fingerprint density at radius 1 is 1.19 bits per heavy atom. The molecule has 0 spiro atoms. The fraction of sp³-hybridized carbons (Fsp3) is 0.458. The van der Waals surface area contributed by atoms with E-state index in [9.17, 15) is 9.50 Å². The van der Waals surface area contributed by atoms with Gasteiger partial charge in [0.2, 0.25) is 0 Å². The van der Waals surface area contributed by atoms with Gasteiger partial charge in [0, 0.05) is 30.5 Å². The Kier molecular flexibility index (Phi) is 6.43. The van der Waals surface area contributed by atoms with Crippen LogP contribution in [0.25, 0.3) is 11.0 Å². The van der Waals surface area contributed by atoms with E-state index in [1.54, 1.807) is 20.1 Å². The van der Waals surface area contributed by atoms with Crippen molar-refractivity contribution in [3.05, 3.63) is 53.5 Å². The molecule has 0 amide bonds. The Bertz CT molecular complexity index is 1030. The monoisotopic (exact) mass is 428 g/mol. The highest BCUT2D eigenvalue weighted by atomic mass is 19.1. The number of aliphatic hydroxyl groups is 1. The van der Waals surface area contributed by atoms with Gasteiger partial charge in [-0.05, 0) is 56.0 Å². The lowest BCUT2D eigenvalue weighted by molar-refractivity contribution is 0.00428. The van der Waals surface area contributed by atoms with Gasteiger partial charge in [-0.2, -0.15) is 0 Å². The quantitative estimate of drug-likeness (QED) is 0.570. The summed E-state index contributed by atoms with van der Waals surface area (Å²) in [6, 6.07) is 10.1. The first-order chi connectivity index (χ1) is 15.0. The molecule has 0 radical (unpaired) electrons. The van der Waals surface area contributed by atoms with E-state index in [0.717, 1.165) is 49.0 Å². The number of methoxy groups -OCH3 is 1. The molecule has 0 aliphatic carbocycles. The molecule has 2 heterocycles. The van der Waals surface area contributed by atoms with Crippen molar-refractivity contribution in [1.82, 2.24) is 10.1 Å². The van der Waals surface area contributed by atoms with Gasteiger partial charge in [0.15, 0.2) is 23.3 Å². The van der Waals surface area contributed by atoms with Crippen molar-refractivity contribution in [3.8, 4) is 11.5 Å². The zero-order valence-corrected chi connectivity index (χ0v) is 18.2. The highest BCUT2D eigenvalue weighted by Crippen LogP contribution is 2.35. The lowest BCUT2D eigenvalue weighted by Gasteiger charge is -2.36. The zero-order chi connectivity index (χ0) is 22.0. The van der Waals surface area contributed by atoms with Crippen molar-refractivity contribution in [3.63, 3.8) is 0 Å². The van der Waals surface area contributed by atoms with Gasteiger partial charge in [-0.15, -0.1) is 0 Å². The van der Waals surface area contributed by atoms with Crippen LogP contribution in [0.15, 0.2) is 40.9 Å². The molecule has 6 nitrogen and oxygen atoms in total. The van der Waals surface area contributed by atoms with E-state index in [-0.39, 0.29) is 18.0 Å². The van der Waals surface area contributed by atoms with Crippen LogP contribution in [0.3, 0.4) is 0 Å². The third-order valence-corrected chi connectivity index (χ3v) is 6.07. The molecule has 7 heteroatoms. The number of halogens is 1. The number of fused-ring (bicyclic) bond motifs is 1. The van der Waals surface area contributed by atoms with Gasteiger partial charge in [-0.1, -0.05) is 18.1 Å². The first kappa shape index (κ1) is 21.6. The molecule has 4 rings (SSSR count). The molecule has 1 aliphatic heterocycles. The van der Waals surface area contributed by atoms with Crippen LogP contribution >= 0.6 is 0 Å². The average molecular weight is 429 g/mol. The van der Waals surface area contributed by atoms with Gasteiger partial charge in [0.1, 0.15) is 5.82 Å². The summed E-state index contributed by atoms with van der Waals surface area (Å²) in [4.78, 5) is 2.33. The number of ether oxygens (including phenoxy) is 2. The summed E-state index contributed by atoms with van der Waals surface area (Å²) >= 11 is 0. The fourth-order valence-corrected chi connectivity index (χ4v) is 4.29. The Labute approximate surface area is 181 Å². The molecular formula is C24H29FN2O4. The Hall–Kier alpha value is -2.64. The first-order valence-electron chi connectivity index (χ1n) is 10.8. The van der Waals surface area contributed by atoms with E-state index in [1.165, 1.54) is 12.1 Å². The summed E-state index contributed by atoms with van der Waals surface area (Å²) in [7, 11) is 1.61. The minimum atomic E-state index is -0.562. The molecule has 1 aliphatic rings. The standard InChI is InChI=1S/C24H29FN2O4/c1-4-23(30-20-8-5-17(15(2)28)13-22(20)29-3)27-11-9-16(10-12-27)24-19-7-6-18(25)14-21(19)31-26-24/h5-8,13-16,23,28H,4,9-12H2,1-3H3/t15-,23?/m0/s1. The van der Waals surface area contributed by atoms with Crippen LogP contribution in [-0.2, 0) is 0 Å².